The van der Waals surface area contributed by atoms with Crippen LogP contribution in [-0.4, -0.2) is 13.1 Å². The predicted octanol–water partition coefficient (Wildman–Crippen LogP) is 2.57. The molecule has 0 unspecified atom stereocenters. The van der Waals surface area contributed by atoms with Gasteiger partial charge < -0.3 is 5.32 Å². The molecule has 0 aliphatic heterocycles. The van der Waals surface area contributed by atoms with E-state index in [1.54, 1.807) is 0 Å². The van der Waals surface area contributed by atoms with Crippen molar-refractivity contribution in [2.45, 2.75) is 13.3 Å². The van der Waals surface area contributed by atoms with Crippen molar-refractivity contribution in [1.82, 2.24) is 5.32 Å². The van der Waals surface area contributed by atoms with Gasteiger partial charge in [0.05, 0.1) is 11.6 Å². The fourth-order valence-corrected chi connectivity index (χ4v) is 1.23. The number of benzene rings is 1. The Balaban J connectivity index is 2.40. The number of hydrogen-bond donors (Lipinski definition) is 1. The minimum Gasteiger partial charge on any atom is -0.313 e. The topological polar surface area (TPSA) is 35.8 Å². The van der Waals surface area contributed by atoms with Crippen LogP contribution in [0.15, 0.2) is 30.3 Å². The molecular formula is C13H16N2. The van der Waals surface area contributed by atoms with E-state index >= 15 is 0 Å². The largest absolute Gasteiger partial charge is 0.313 e. The zero-order valence-electron chi connectivity index (χ0n) is 9.03. The maximum absolute atomic E-state index is 8.62. The highest BCUT2D eigenvalue weighted by atomic mass is 14.8. The van der Waals surface area contributed by atoms with Gasteiger partial charge in [0.25, 0.3) is 0 Å². The molecular weight excluding hydrogens is 184 g/mol. The second kappa shape index (κ2) is 6.80. The van der Waals surface area contributed by atoms with Gasteiger partial charge in [-0.05, 0) is 30.7 Å². The van der Waals surface area contributed by atoms with Crippen LogP contribution in [0.5, 0.6) is 0 Å². The Morgan fingerprint density at radius 2 is 2.07 bits per heavy atom. The van der Waals surface area contributed by atoms with E-state index in [9.17, 15) is 0 Å². The van der Waals surface area contributed by atoms with E-state index in [0.29, 0.717) is 5.56 Å². The summed E-state index contributed by atoms with van der Waals surface area (Å²) in [5, 5.41) is 11.9. The van der Waals surface area contributed by atoms with Gasteiger partial charge in [0, 0.05) is 6.54 Å². The zero-order valence-corrected chi connectivity index (χ0v) is 9.03. The van der Waals surface area contributed by atoms with Gasteiger partial charge in [-0.15, -0.1) is 0 Å². The fraction of sp³-hybridized carbons (Fsp3) is 0.308. The zero-order chi connectivity index (χ0) is 10.9. The molecule has 0 aromatic heterocycles. The van der Waals surface area contributed by atoms with Crippen molar-refractivity contribution in [3.05, 3.63) is 41.5 Å². The van der Waals surface area contributed by atoms with Crippen LogP contribution in [0.1, 0.15) is 24.5 Å². The van der Waals surface area contributed by atoms with E-state index < -0.39 is 0 Å². The summed E-state index contributed by atoms with van der Waals surface area (Å²) in [5.41, 5.74) is 1.84. The van der Waals surface area contributed by atoms with Crippen molar-refractivity contribution in [2.75, 3.05) is 13.1 Å². The lowest BCUT2D eigenvalue weighted by molar-refractivity contribution is 0.730. The van der Waals surface area contributed by atoms with Crippen molar-refractivity contribution < 1.29 is 0 Å². The smallest absolute Gasteiger partial charge is 0.0991 e. The molecule has 2 nitrogen and oxygen atoms in total. The number of rotatable bonds is 5. The van der Waals surface area contributed by atoms with Crippen molar-refractivity contribution in [3.8, 4) is 6.07 Å². The summed E-state index contributed by atoms with van der Waals surface area (Å²) in [5.74, 6) is 0. The monoisotopic (exact) mass is 200 g/mol. The van der Waals surface area contributed by atoms with Gasteiger partial charge in [0.15, 0.2) is 0 Å². The molecule has 0 bridgehead atoms. The van der Waals surface area contributed by atoms with Crippen molar-refractivity contribution >= 4 is 6.08 Å². The molecule has 1 aromatic carbocycles. The first-order chi connectivity index (χ1) is 7.36. The second-order valence-corrected chi connectivity index (χ2v) is 3.34. The first kappa shape index (κ1) is 11.5. The molecule has 1 aromatic rings. The van der Waals surface area contributed by atoms with Crippen LogP contribution in [0.25, 0.3) is 6.08 Å². The Morgan fingerprint density at radius 1 is 1.33 bits per heavy atom. The highest BCUT2D eigenvalue weighted by molar-refractivity contribution is 5.50. The Kier molecular flexibility index (Phi) is 5.21. The van der Waals surface area contributed by atoms with Crippen LogP contribution in [0.4, 0.5) is 0 Å². The van der Waals surface area contributed by atoms with E-state index in [-0.39, 0.29) is 0 Å². The van der Waals surface area contributed by atoms with E-state index in [4.69, 9.17) is 5.26 Å². The molecule has 0 spiro atoms. The quantitative estimate of drug-likeness (QED) is 0.741. The Bertz CT molecular complexity index is 344. The van der Waals surface area contributed by atoms with Gasteiger partial charge in [-0.1, -0.05) is 31.2 Å². The summed E-state index contributed by atoms with van der Waals surface area (Å²) in [6.45, 7) is 4.10. The molecule has 0 fully saturated rings. The molecule has 0 atom stereocenters. The lowest BCUT2D eigenvalue weighted by Gasteiger charge is -1.96. The van der Waals surface area contributed by atoms with Crippen molar-refractivity contribution in [2.24, 2.45) is 0 Å². The lowest BCUT2D eigenvalue weighted by atomic mass is 10.1. The average Bonchev–Trinajstić information content (AvgIpc) is 2.30. The number of nitriles is 1. The number of nitrogens with one attached hydrogen (secondary N) is 1. The van der Waals surface area contributed by atoms with Gasteiger partial charge in [-0.25, -0.2) is 0 Å². The van der Waals surface area contributed by atoms with Crippen LogP contribution in [0, 0.1) is 11.3 Å². The molecule has 2 heteroatoms. The Morgan fingerprint density at radius 3 is 2.67 bits per heavy atom. The molecule has 0 saturated carbocycles. The molecule has 0 amide bonds. The van der Waals surface area contributed by atoms with Crippen LogP contribution in [0.3, 0.4) is 0 Å². The average molecular weight is 200 g/mol. The van der Waals surface area contributed by atoms with Gasteiger partial charge in [0.2, 0.25) is 0 Å². The Hall–Kier alpha value is -1.59. The highest BCUT2D eigenvalue weighted by Gasteiger charge is 1.88. The minimum atomic E-state index is 0.705. The van der Waals surface area contributed by atoms with Crippen molar-refractivity contribution in [1.29, 1.82) is 5.26 Å². The third-order valence-electron chi connectivity index (χ3n) is 2.04. The molecule has 78 valence electrons. The molecule has 0 radical (unpaired) electrons. The summed E-state index contributed by atoms with van der Waals surface area (Å²) in [7, 11) is 0. The summed E-state index contributed by atoms with van der Waals surface area (Å²) < 4.78 is 0. The SMILES string of the molecule is CCCNCC=Cc1ccc(C#N)cc1. The highest BCUT2D eigenvalue weighted by Crippen LogP contribution is 2.04. The summed E-state index contributed by atoms with van der Waals surface area (Å²) in [6, 6.07) is 9.67. The fourth-order valence-electron chi connectivity index (χ4n) is 1.23. The number of nitrogens with zero attached hydrogens (tertiary/aromatic N) is 1. The second-order valence-electron chi connectivity index (χ2n) is 3.34. The van der Waals surface area contributed by atoms with E-state index in [0.717, 1.165) is 25.1 Å². The van der Waals surface area contributed by atoms with Crippen LogP contribution >= 0.6 is 0 Å². The first-order valence-electron chi connectivity index (χ1n) is 5.24. The number of hydrogen-bond acceptors (Lipinski definition) is 2. The standard InChI is InChI=1S/C13H16N2/c1-2-9-15-10-3-4-12-5-7-13(11-14)8-6-12/h3-8,15H,2,9-10H2,1H3. The maximum Gasteiger partial charge on any atom is 0.0991 e. The predicted molar refractivity (Wildman–Crippen MR) is 63.4 cm³/mol. The third kappa shape index (κ3) is 4.44. The van der Waals surface area contributed by atoms with Crippen molar-refractivity contribution in [3.63, 3.8) is 0 Å². The Labute approximate surface area is 91.2 Å². The summed E-state index contributed by atoms with van der Waals surface area (Å²) >= 11 is 0. The third-order valence-corrected chi connectivity index (χ3v) is 2.04. The van der Waals surface area contributed by atoms with E-state index in [1.165, 1.54) is 0 Å². The molecule has 0 aliphatic rings. The molecule has 1 rings (SSSR count). The van der Waals surface area contributed by atoms with Gasteiger partial charge in [-0.3, -0.25) is 0 Å². The van der Waals surface area contributed by atoms with E-state index in [2.05, 4.69) is 30.5 Å². The minimum absolute atomic E-state index is 0.705. The van der Waals surface area contributed by atoms with Crippen LogP contribution in [-0.2, 0) is 0 Å². The summed E-state index contributed by atoms with van der Waals surface area (Å²) in [6.07, 6.45) is 5.31. The maximum atomic E-state index is 8.62. The van der Waals surface area contributed by atoms with Crippen LogP contribution in [0.2, 0.25) is 0 Å². The van der Waals surface area contributed by atoms with Gasteiger partial charge >= 0.3 is 0 Å². The van der Waals surface area contributed by atoms with Gasteiger partial charge in [-0.2, -0.15) is 5.26 Å². The first-order valence-corrected chi connectivity index (χ1v) is 5.24. The normalized spacial score (nSPS) is 10.4. The summed E-state index contributed by atoms with van der Waals surface area (Å²) in [4.78, 5) is 0. The van der Waals surface area contributed by atoms with E-state index in [1.807, 2.05) is 24.3 Å². The molecule has 15 heavy (non-hydrogen) atoms. The van der Waals surface area contributed by atoms with Gasteiger partial charge in [0.1, 0.15) is 0 Å². The molecule has 1 N–H and O–H groups in total. The lowest BCUT2D eigenvalue weighted by Crippen LogP contribution is -2.13. The van der Waals surface area contributed by atoms with Crippen LogP contribution < -0.4 is 5.32 Å². The molecule has 0 aliphatic carbocycles. The molecule has 0 saturated heterocycles. The molecule has 0 heterocycles.